The van der Waals surface area contributed by atoms with Crippen molar-refractivity contribution < 1.29 is 4.74 Å². The maximum atomic E-state index is 9.58. The quantitative estimate of drug-likeness (QED) is 0.855. The second-order valence-corrected chi connectivity index (χ2v) is 6.31. The molecule has 1 aliphatic rings. The van der Waals surface area contributed by atoms with Crippen LogP contribution in [0.5, 0.6) is 5.75 Å². The topological polar surface area (TPSA) is 60.1 Å². The van der Waals surface area contributed by atoms with Crippen molar-refractivity contribution in [3.05, 3.63) is 59.2 Å². The molecule has 4 nitrogen and oxygen atoms in total. The average Bonchev–Trinajstić information content (AvgIpc) is 2.59. The van der Waals surface area contributed by atoms with Gasteiger partial charge in [-0.05, 0) is 17.2 Å². The Bertz CT molecular complexity index is 826. The maximum absolute atomic E-state index is 9.58. The molecule has 0 fully saturated rings. The Hall–Kier alpha value is -2.51. The molecule has 2 atom stereocenters. The van der Waals surface area contributed by atoms with E-state index in [2.05, 4.69) is 6.07 Å². The molecule has 0 saturated carbocycles. The lowest BCUT2D eigenvalue weighted by atomic mass is 9.78. The van der Waals surface area contributed by atoms with Gasteiger partial charge in [-0.2, -0.15) is 5.26 Å². The molecule has 1 heterocycles. The molecule has 0 aromatic heterocycles. The zero-order chi connectivity index (χ0) is 17.3. The number of alkyl halides is 1. The van der Waals surface area contributed by atoms with E-state index in [1.54, 1.807) is 0 Å². The number of ether oxygens (including phenoxy) is 1. The van der Waals surface area contributed by atoms with Crippen LogP contribution < -0.4 is 9.64 Å². The molecule has 2 aromatic rings. The highest BCUT2D eigenvalue weighted by molar-refractivity contribution is 6.17. The van der Waals surface area contributed by atoms with Crippen LogP contribution in [0.2, 0.25) is 0 Å². The lowest BCUT2D eigenvalue weighted by Crippen LogP contribution is -2.31. The van der Waals surface area contributed by atoms with Crippen molar-refractivity contribution in [1.82, 2.24) is 0 Å². The largest absolute Gasteiger partial charge is 0.442 e. The maximum Gasteiger partial charge on any atom is 0.205 e. The number of benzene rings is 2. The molecule has 2 unspecified atom stereocenters. The van der Waals surface area contributed by atoms with E-state index in [-0.39, 0.29) is 11.8 Å². The number of fused-ring (bicyclic) bond motifs is 1. The number of nitriles is 1. The summed E-state index contributed by atoms with van der Waals surface area (Å²) in [5.74, 6) is 0.165. The van der Waals surface area contributed by atoms with Crippen molar-refractivity contribution in [1.29, 1.82) is 10.7 Å². The van der Waals surface area contributed by atoms with E-state index in [1.165, 1.54) is 0 Å². The molecule has 2 aromatic carbocycles. The van der Waals surface area contributed by atoms with E-state index in [4.69, 9.17) is 21.7 Å². The van der Waals surface area contributed by atoms with Gasteiger partial charge in [-0.15, -0.1) is 11.6 Å². The normalized spacial score (nSPS) is 19.2. The van der Waals surface area contributed by atoms with Gasteiger partial charge < -0.3 is 9.64 Å². The van der Waals surface area contributed by atoms with E-state index in [9.17, 15) is 5.26 Å². The first kappa shape index (κ1) is 16.4. The smallest absolute Gasteiger partial charge is 0.205 e. The van der Waals surface area contributed by atoms with Crippen LogP contribution in [0.1, 0.15) is 22.6 Å². The second kappa shape index (κ2) is 6.54. The number of nitrogens with zero attached hydrogens (tertiary/aromatic N) is 2. The summed E-state index contributed by atoms with van der Waals surface area (Å²) in [6.45, 7) is 0. The van der Waals surface area contributed by atoms with E-state index >= 15 is 0 Å². The molecule has 0 spiro atoms. The summed E-state index contributed by atoms with van der Waals surface area (Å²) >= 11 is 5.96. The highest BCUT2D eigenvalue weighted by atomic mass is 35.5. The Kier molecular flexibility index (Phi) is 4.46. The lowest BCUT2D eigenvalue weighted by molar-refractivity contribution is 0.450. The van der Waals surface area contributed by atoms with Gasteiger partial charge in [0.05, 0.1) is 6.07 Å². The van der Waals surface area contributed by atoms with Crippen LogP contribution in [0, 0.1) is 22.7 Å². The van der Waals surface area contributed by atoms with Crippen molar-refractivity contribution in [3.63, 3.8) is 0 Å². The second-order valence-electron chi connectivity index (χ2n) is 6.05. The molecule has 122 valence electrons. The Morgan fingerprint density at radius 1 is 1.25 bits per heavy atom. The van der Waals surface area contributed by atoms with Gasteiger partial charge in [-0.1, -0.05) is 30.3 Å². The van der Waals surface area contributed by atoms with E-state index in [0.717, 1.165) is 22.4 Å². The minimum absolute atomic E-state index is 0.0119. The molecule has 24 heavy (non-hydrogen) atoms. The van der Waals surface area contributed by atoms with Gasteiger partial charge in [0.2, 0.25) is 5.90 Å². The van der Waals surface area contributed by atoms with Crippen molar-refractivity contribution >= 4 is 23.2 Å². The summed E-state index contributed by atoms with van der Waals surface area (Å²) in [5, 5.41) is 17.7. The summed E-state index contributed by atoms with van der Waals surface area (Å²) in [7, 11) is 3.91. The van der Waals surface area contributed by atoms with Crippen LogP contribution in [-0.2, 0) is 5.88 Å². The van der Waals surface area contributed by atoms with Gasteiger partial charge in [0.1, 0.15) is 11.7 Å². The third-order valence-electron chi connectivity index (χ3n) is 4.29. The molecule has 0 amide bonds. The molecular formula is C19H18ClN3O. The Labute approximate surface area is 146 Å². The predicted molar refractivity (Wildman–Crippen MR) is 96.1 cm³/mol. The molecule has 0 radical (unpaired) electrons. The lowest BCUT2D eigenvalue weighted by Gasteiger charge is -2.31. The third-order valence-corrected chi connectivity index (χ3v) is 4.60. The van der Waals surface area contributed by atoms with E-state index in [0.29, 0.717) is 11.6 Å². The van der Waals surface area contributed by atoms with Gasteiger partial charge in [0.25, 0.3) is 0 Å². The standard InChI is InChI=1S/C19H18ClN3O/c1-23(2)14-6-7-15-17(9-14)24-19(22)16(11-21)18(15)13-5-3-4-12(8-13)10-20/h3-9,16,18,22H,10H2,1-2H3. The third kappa shape index (κ3) is 2.83. The number of hydrogen-bond donors (Lipinski definition) is 1. The van der Waals surface area contributed by atoms with Gasteiger partial charge >= 0.3 is 0 Å². The first-order valence-corrected chi connectivity index (χ1v) is 8.20. The zero-order valence-electron chi connectivity index (χ0n) is 13.6. The highest BCUT2D eigenvalue weighted by Gasteiger charge is 2.37. The van der Waals surface area contributed by atoms with Crippen LogP contribution >= 0.6 is 11.6 Å². The minimum Gasteiger partial charge on any atom is -0.442 e. The summed E-state index contributed by atoms with van der Waals surface area (Å²) in [4.78, 5) is 1.98. The van der Waals surface area contributed by atoms with E-state index < -0.39 is 5.92 Å². The minimum atomic E-state index is -0.645. The van der Waals surface area contributed by atoms with Crippen molar-refractivity contribution in [3.8, 4) is 11.8 Å². The summed E-state index contributed by atoms with van der Waals surface area (Å²) in [6.07, 6.45) is 0. The molecule has 3 rings (SSSR count). The number of hydrogen-bond acceptors (Lipinski definition) is 4. The molecule has 0 aliphatic carbocycles. The molecule has 0 saturated heterocycles. The SMILES string of the molecule is CN(C)c1ccc2c(c1)OC(=N)C(C#N)C2c1cccc(CCl)c1. The first-order chi connectivity index (χ1) is 11.5. The Morgan fingerprint density at radius 2 is 2.04 bits per heavy atom. The molecular weight excluding hydrogens is 322 g/mol. The fourth-order valence-corrected chi connectivity index (χ4v) is 3.20. The zero-order valence-corrected chi connectivity index (χ0v) is 14.3. The predicted octanol–water partition coefficient (Wildman–Crippen LogP) is 4.13. The van der Waals surface area contributed by atoms with Crippen molar-refractivity contribution in [2.45, 2.75) is 11.8 Å². The first-order valence-electron chi connectivity index (χ1n) is 7.67. The highest BCUT2D eigenvalue weighted by Crippen LogP contribution is 2.43. The van der Waals surface area contributed by atoms with Gasteiger partial charge in [-0.25, -0.2) is 0 Å². The Morgan fingerprint density at radius 3 is 2.71 bits per heavy atom. The molecule has 0 bridgehead atoms. The van der Waals surface area contributed by atoms with Crippen LogP contribution in [0.3, 0.4) is 0 Å². The average molecular weight is 340 g/mol. The monoisotopic (exact) mass is 339 g/mol. The number of halogens is 1. The number of anilines is 1. The van der Waals surface area contributed by atoms with Crippen LogP contribution in [0.15, 0.2) is 42.5 Å². The fourth-order valence-electron chi connectivity index (χ4n) is 3.03. The number of rotatable bonds is 3. The summed E-state index contributed by atoms with van der Waals surface area (Å²) in [6, 6.07) is 16.0. The molecule has 1 N–H and O–H groups in total. The van der Waals surface area contributed by atoms with Crippen LogP contribution in [0.4, 0.5) is 5.69 Å². The fraction of sp³-hybridized carbons (Fsp3) is 0.263. The van der Waals surface area contributed by atoms with Crippen molar-refractivity contribution in [2.24, 2.45) is 5.92 Å². The van der Waals surface area contributed by atoms with Gasteiger partial charge in [0, 0.05) is 43.2 Å². The van der Waals surface area contributed by atoms with Crippen LogP contribution in [-0.4, -0.2) is 20.0 Å². The summed E-state index contributed by atoms with van der Waals surface area (Å²) < 4.78 is 5.64. The molecule has 5 heteroatoms. The molecule has 1 aliphatic heterocycles. The summed E-state index contributed by atoms with van der Waals surface area (Å²) in [5.41, 5.74) is 3.89. The van der Waals surface area contributed by atoms with Gasteiger partial charge in [0.15, 0.2) is 0 Å². The van der Waals surface area contributed by atoms with Gasteiger partial charge in [-0.3, -0.25) is 5.41 Å². The number of nitrogens with one attached hydrogen (secondary N) is 1. The van der Waals surface area contributed by atoms with Crippen molar-refractivity contribution in [2.75, 3.05) is 19.0 Å². The van der Waals surface area contributed by atoms with Crippen LogP contribution in [0.25, 0.3) is 0 Å². The Balaban J connectivity index is 2.16. The van der Waals surface area contributed by atoms with E-state index in [1.807, 2.05) is 61.5 Å².